The van der Waals surface area contributed by atoms with Crippen molar-refractivity contribution in [1.82, 2.24) is 9.71 Å². The summed E-state index contributed by atoms with van der Waals surface area (Å²) in [5, 5.41) is 9.68. The SMILES string of the molecule is CCC(C)(CC(NS(=O)(=O)C(C)(C)C)c1c(OC)ccnc1OC)C(=O)O. The lowest BCUT2D eigenvalue weighted by Crippen LogP contribution is -2.43. The van der Waals surface area contributed by atoms with Crippen molar-refractivity contribution in [3.05, 3.63) is 17.8 Å². The predicted octanol–water partition coefficient (Wildman–Crippen LogP) is 2.75. The Labute approximate surface area is 161 Å². The molecule has 0 radical (unpaired) electrons. The molecular weight excluding hydrogens is 372 g/mol. The van der Waals surface area contributed by atoms with Crippen molar-refractivity contribution in [2.45, 2.75) is 58.2 Å². The third kappa shape index (κ3) is 5.10. The Morgan fingerprint density at radius 2 is 1.85 bits per heavy atom. The van der Waals surface area contributed by atoms with Gasteiger partial charge in [-0.2, -0.15) is 0 Å². The maximum atomic E-state index is 12.8. The summed E-state index contributed by atoms with van der Waals surface area (Å²) in [6.45, 7) is 8.05. The van der Waals surface area contributed by atoms with Crippen molar-refractivity contribution in [2.75, 3.05) is 14.2 Å². The minimum absolute atomic E-state index is 0.00650. The first-order valence-corrected chi connectivity index (χ1v) is 10.1. The lowest BCUT2D eigenvalue weighted by atomic mass is 9.80. The van der Waals surface area contributed by atoms with Crippen LogP contribution in [0.25, 0.3) is 0 Å². The monoisotopic (exact) mass is 402 g/mol. The molecule has 154 valence electrons. The second-order valence-corrected chi connectivity index (χ2v) is 10.1. The zero-order valence-electron chi connectivity index (χ0n) is 17.0. The molecule has 0 fully saturated rings. The van der Waals surface area contributed by atoms with Crippen LogP contribution in [-0.2, 0) is 14.8 Å². The number of aromatic nitrogens is 1. The van der Waals surface area contributed by atoms with E-state index in [1.807, 2.05) is 0 Å². The Morgan fingerprint density at radius 3 is 2.26 bits per heavy atom. The predicted molar refractivity (Wildman–Crippen MR) is 103 cm³/mol. The number of carbonyl (C=O) groups is 1. The zero-order valence-corrected chi connectivity index (χ0v) is 17.8. The normalized spacial score (nSPS) is 15.7. The van der Waals surface area contributed by atoms with Gasteiger partial charge in [-0.05, 0) is 46.6 Å². The first-order chi connectivity index (χ1) is 12.3. The zero-order chi connectivity index (χ0) is 21.0. The van der Waals surface area contributed by atoms with E-state index in [9.17, 15) is 18.3 Å². The molecular formula is C18H30N2O6S. The Bertz CT molecular complexity index is 750. The minimum atomic E-state index is -3.78. The van der Waals surface area contributed by atoms with Gasteiger partial charge in [0.15, 0.2) is 0 Å². The van der Waals surface area contributed by atoms with Gasteiger partial charge in [-0.1, -0.05) is 6.92 Å². The molecule has 0 aliphatic heterocycles. The van der Waals surface area contributed by atoms with Crippen molar-refractivity contribution >= 4 is 16.0 Å². The van der Waals surface area contributed by atoms with Crippen LogP contribution in [0.15, 0.2) is 12.3 Å². The van der Waals surface area contributed by atoms with Crippen molar-refractivity contribution in [3.63, 3.8) is 0 Å². The summed E-state index contributed by atoms with van der Waals surface area (Å²) in [5.41, 5.74) is -0.784. The lowest BCUT2D eigenvalue weighted by molar-refractivity contribution is -0.148. The summed E-state index contributed by atoms with van der Waals surface area (Å²) in [6, 6.07) is 0.689. The van der Waals surface area contributed by atoms with Gasteiger partial charge in [-0.3, -0.25) is 4.79 Å². The molecule has 0 saturated carbocycles. The summed E-state index contributed by atoms with van der Waals surface area (Å²) in [5.74, 6) is -0.459. The molecule has 8 nitrogen and oxygen atoms in total. The average molecular weight is 403 g/mol. The van der Waals surface area contributed by atoms with Gasteiger partial charge in [0.25, 0.3) is 0 Å². The van der Waals surface area contributed by atoms with Crippen LogP contribution in [0.5, 0.6) is 11.6 Å². The van der Waals surface area contributed by atoms with Gasteiger partial charge in [0.2, 0.25) is 15.9 Å². The summed E-state index contributed by atoms with van der Waals surface area (Å²) in [4.78, 5) is 16.0. The minimum Gasteiger partial charge on any atom is -0.496 e. The number of nitrogens with one attached hydrogen (secondary N) is 1. The topological polar surface area (TPSA) is 115 Å². The Balaban J connectivity index is 3.60. The fourth-order valence-electron chi connectivity index (χ4n) is 2.50. The van der Waals surface area contributed by atoms with Gasteiger partial charge in [-0.15, -0.1) is 0 Å². The van der Waals surface area contributed by atoms with E-state index >= 15 is 0 Å². The molecule has 0 amide bonds. The van der Waals surface area contributed by atoms with Crippen molar-refractivity contribution in [1.29, 1.82) is 0 Å². The van der Waals surface area contributed by atoms with E-state index in [0.717, 1.165) is 0 Å². The lowest BCUT2D eigenvalue weighted by Gasteiger charge is -2.32. The molecule has 0 bridgehead atoms. The number of hydrogen-bond acceptors (Lipinski definition) is 6. The van der Waals surface area contributed by atoms with Gasteiger partial charge < -0.3 is 14.6 Å². The Kier molecular flexibility index (Phi) is 7.24. The number of rotatable bonds is 9. The van der Waals surface area contributed by atoms with Crippen LogP contribution in [0, 0.1) is 5.41 Å². The molecule has 0 aliphatic carbocycles. The highest BCUT2D eigenvalue weighted by molar-refractivity contribution is 7.90. The molecule has 2 unspecified atom stereocenters. The number of aliphatic carboxylic acids is 1. The van der Waals surface area contributed by atoms with Crippen molar-refractivity contribution in [2.24, 2.45) is 5.41 Å². The van der Waals surface area contributed by atoms with Crippen LogP contribution in [0.4, 0.5) is 0 Å². The summed E-state index contributed by atoms with van der Waals surface area (Å²) >= 11 is 0. The molecule has 2 N–H and O–H groups in total. The fourth-order valence-corrected chi connectivity index (χ4v) is 3.43. The first kappa shape index (κ1) is 23.2. The van der Waals surface area contributed by atoms with Gasteiger partial charge in [0, 0.05) is 6.20 Å². The molecule has 0 spiro atoms. The van der Waals surface area contributed by atoms with Gasteiger partial charge in [0.1, 0.15) is 5.75 Å². The summed E-state index contributed by atoms with van der Waals surface area (Å²) in [6.07, 6.45) is 1.81. The average Bonchev–Trinajstić information content (AvgIpc) is 2.58. The van der Waals surface area contributed by atoms with E-state index < -0.39 is 32.2 Å². The number of carboxylic acids is 1. The Morgan fingerprint density at radius 1 is 1.26 bits per heavy atom. The number of nitrogens with zero attached hydrogens (tertiary/aromatic N) is 1. The third-order valence-corrected chi connectivity index (χ3v) is 6.94. The molecule has 2 atom stereocenters. The number of sulfonamides is 1. The third-order valence-electron chi connectivity index (χ3n) is 4.73. The molecule has 27 heavy (non-hydrogen) atoms. The number of carboxylic acid groups (broad SMARTS) is 1. The molecule has 1 aromatic heterocycles. The van der Waals surface area contributed by atoms with Crippen molar-refractivity contribution < 1.29 is 27.8 Å². The van der Waals surface area contributed by atoms with E-state index in [1.54, 1.807) is 40.7 Å². The molecule has 9 heteroatoms. The van der Waals surface area contributed by atoms with E-state index in [0.29, 0.717) is 17.7 Å². The highest BCUT2D eigenvalue weighted by Gasteiger charge is 2.40. The van der Waals surface area contributed by atoms with Crippen LogP contribution in [-0.4, -0.2) is 43.4 Å². The first-order valence-electron chi connectivity index (χ1n) is 8.65. The highest BCUT2D eigenvalue weighted by atomic mass is 32.2. The highest BCUT2D eigenvalue weighted by Crippen LogP contribution is 2.41. The van der Waals surface area contributed by atoms with Crippen LogP contribution in [0.1, 0.15) is 59.1 Å². The number of methoxy groups -OCH3 is 2. The van der Waals surface area contributed by atoms with Crippen LogP contribution >= 0.6 is 0 Å². The summed E-state index contributed by atoms with van der Waals surface area (Å²) < 4.78 is 37.9. The number of hydrogen-bond donors (Lipinski definition) is 2. The molecule has 0 saturated heterocycles. The Hall–Kier alpha value is -1.87. The maximum absolute atomic E-state index is 12.8. The summed E-state index contributed by atoms with van der Waals surface area (Å²) in [7, 11) is -0.921. The molecule has 0 aliphatic rings. The molecule has 1 heterocycles. The van der Waals surface area contributed by atoms with E-state index in [-0.39, 0.29) is 12.3 Å². The van der Waals surface area contributed by atoms with E-state index in [2.05, 4.69) is 9.71 Å². The smallest absolute Gasteiger partial charge is 0.309 e. The molecule has 1 aromatic rings. The van der Waals surface area contributed by atoms with Crippen molar-refractivity contribution in [3.8, 4) is 11.6 Å². The van der Waals surface area contributed by atoms with Crippen LogP contribution < -0.4 is 14.2 Å². The second kappa shape index (κ2) is 8.43. The van der Waals surface area contributed by atoms with E-state index in [4.69, 9.17) is 9.47 Å². The van der Waals surface area contributed by atoms with Crippen LogP contribution in [0.2, 0.25) is 0 Å². The quantitative estimate of drug-likeness (QED) is 0.652. The number of pyridine rings is 1. The molecule has 0 aromatic carbocycles. The maximum Gasteiger partial charge on any atom is 0.309 e. The van der Waals surface area contributed by atoms with Gasteiger partial charge in [0.05, 0.1) is 36.0 Å². The number of ether oxygens (including phenoxy) is 2. The largest absolute Gasteiger partial charge is 0.496 e. The fraction of sp³-hybridized carbons (Fsp3) is 0.667. The van der Waals surface area contributed by atoms with Gasteiger partial charge in [-0.25, -0.2) is 18.1 Å². The van der Waals surface area contributed by atoms with E-state index in [1.165, 1.54) is 20.4 Å². The van der Waals surface area contributed by atoms with Gasteiger partial charge >= 0.3 is 5.97 Å². The molecule has 1 rings (SSSR count). The standard InChI is InChI=1S/C18H30N2O6S/c1-8-18(5,16(21)22)11-12(20-27(23,24)17(2,3)4)14-13(25-6)9-10-19-15(14)26-7/h9-10,12,20H,8,11H2,1-7H3,(H,21,22). The van der Waals surface area contributed by atoms with Crippen LogP contribution in [0.3, 0.4) is 0 Å². The second-order valence-electron chi connectivity index (χ2n) is 7.65.